The van der Waals surface area contributed by atoms with Crippen LogP contribution in [0.5, 0.6) is 5.75 Å². The largest absolute Gasteiger partial charge is 0.427 e. The Labute approximate surface area is 144 Å². The summed E-state index contributed by atoms with van der Waals surface area (Å²) in [6, 6.07) is 12.3. The molecule has 128 valence electrons. The van der Waals surface area contributed by atoms with E-state index in [4.69, 9.17) is 14.3 Å². The number of ketones is 1. The highest BCUT2D eigenvalue weighted by molar-refractivity contribution is 7.39. The molecule has 0 bridgehead atoms. The van der Waals surface area contributed by atoms with Gasteiger partial charge in [-0.05, 0) is 47.5 Å². The summed E-state index contributed by atoms with van der Waals surface area (Å²) in [4.78, 5) is 39.4. The van der Waals surface area contributed by atoms with Crippen molar-refractivity contribution in [3.05, 3.63) is 81.9 Å². The summed E-state index contributed by atoms with van der Waals surface area (Å²) < 4.78 is 4.74. The van der Waals surface area contributed by atoms with Crippen molar-refractivity contribution in [1.29, 1.82) is 0 Å². The Balaban J connectivity index is 1.94. The van der Waals surface area contributed by atoms with E-state index in [0.29, 0.717) is 11.3 Å². The van der Waals surface area contributed by atoms with Crippen LogP contribution in [0.1, 0.15) is 11.1 Å². The average molecular weight is 359 g/mol. The summed E-state index contributed by atoms with van der Waals surface area (Å²) in [6.45, 7) is 0. The number of hydrogen-bond donors (Lipinski definition) is 2. The molecule has 0 amide bonds. The van der Waals surface area contributed by atoms with Crippen molar-refractivity contribution in [1.82, 2.24) is 0 Å². The van der Waals surface area contributed by atoms with Crippen molar-refractivity contribution in [2.45, 2.75) is 0 Å². The molecule has 0 aliphatic carbocycles. The van der Waals surface area contributed by atoms with E-state index in [0.717, 1.165) is 5.56 Å². The van der Waals surface area contributed by atoms with Gasteiger partial charge >= 0.3 is 8.60 Å². The zero-order chi connectivity index (χ0) is 18.2. The number of nitrogens with zero attached hydrogens (tertiary/aromatic N) is 1. The van der Waals surface area contributed by atoms with Crippen LogP contribution in [0.2, 0.25) is 0 Å². The molecule has 0 fully saturated rings. The van der Waals surface area contributed by atoms with Crippen LogP contribution in [0.15, 0.2) is 60.7 Å². The Kier molecular flexibility index (Phi) is 6.54. The molecular weight excluding hydrogens is 345 g/mol. The predicted molar refractivity (Wildman–Crippen MR) is 94.6 cm³/mol. The highest BCUT2D eigenvalue weighted by atomic mass is 31.2. The molecule has 25 heavy (non-hydrogen) atoms. The molecule has 0 heterocycles. The van der Waals surface area contributed by atoms with Gasteiger partial charge in [-0.1, -0.05) is 24.3 Å². The number of allylic oxidation sites excluding steroid dienone is 2. The van der Waals surface area contributed by atoms with Gasteiger partial charge in [-0.2, -0.15) is 0 Å². The molecule has 0 aliphatic rings. The lowest BCUT2D eigenvalue weighted by Gasteiger charge is -2.04. The van der Waals surface area contributed by atoms with Gasteiger partial charge in [-0.25, -0.2) is 0 Å². The third kappa shape index (κ3) is 6.27. The first-order chi connectivity index (χ1) is 11.9. The van der Waals surface area contributed by atoms with Gasteiger partial charge in [-0.15, -0.1) is 0 Å². The molecule has 0 saturated heterocycles. The Bertz CT molecular complexity index is 797. The van der Waals surface area contributed by atoms with Gasteiger partial charge in [0.05, 0.1) is 4.92 Å². The molecule has 2 rings (SSSR count). The molecule has 8 heteroatoms. The smallest absolute Gasteiger partial charge is 0.391 e. The van der Waals surface area contributed by atoms with E-state index in [1.54, 1.807) is 48.6 Å². The van der Waals surface area contributed by atoms with E-state index < -0.39 is 13.5 Å². The third-order valence-corrected chi connectivity index (χ3v) is 3.43. The van der Waals surface area contributed by atoms with Crippen LogP contribution in [0.4, 0.5) is 5.69 Å². The molecule has 2 aromatic carbocycles. The maximum Gasteiger partial charge on any atom is 0.391 e. The molecule has 0 radical (unpaired) electrons. The maximum absolute atomic E-state index is 11.8. The summed E-state index contributed by atoms with van der Waals surface area (Å²) in [5, 5.41) is 10.6. The highest BCUT2D eigenvalue weighted by Crippen LogP contribution is 2.28. The monoisotopic (exact) mass is 359 g/mol. The standard InChI is InChI=1S/C17H14NO6P/c19-16(9-3-13-1-7-15(8-2-13)18(20)21)10-4-14-5-11-17(12-6-14)24-25(22)23/h1-12,22-23H/b9-3+,10-4+. The Morgan fingerprint density at radius 3 is 1.88 bits per heavy atom. The molecule has 2 N–H and O–H groups in total. The van der Waals surface area contributed by atoms with Crippen LogP contribution >= 0.6 is 8.60 Å². The number of nitro groups is 1. The molecular formula is C17H14NO6P. The van der Waals surface area contributed by atoms with Crippen LogP contribution in [0.3, 0.4) is 0 Å². The molecule has 0 saturated carbocycles. The average Bonchev–Trinajstić information content (AvgIpc) is 2.59. The molecule has 0 spiro atoms. The van der Waals surface area contributed by atoms with E-state index in [1.165, 1.54) is 24.3 Å². The van der Waals surface area contributed by atoms with Gasteiger partial charge in [-0.3, -0.25) is 14.9 Å². The fourth-order valence-corrected chi connectivity index (χ4v) is 2.16. The Morgan fingerprint density at radius 1 is 0.960 bits per heavy atom. The first-order valence-electron chi connectivity index (χ1n) is 7.04. The third-order valence-electron chi connectivity index (χ3n) is 3.05. The lowest BCUT2D eigenvalue weighted by Crippen LogP contribution is -1.88. The number of hydrogen-bond acceptors (Lipinski definition) is 6. The second-order valence-electron chi connectivity index (χ2n) is 4.83. The summed E-state index contributed by atoms with van der Waals surface area (Å²) >= 11 is 0. The summed E-state index contributed by atoms with van der Waals surface area (Å²) in [5.74, 6) is 0.0746. The quantitative estimate of drug-likeness (QED) is 0.339. The second kappa shape index (κ2) is 8.84. The van der Waals surface area contributed by atoms with Crippen molar-refractivity contribution < 1.29 is 24.0 Å². The van der Waals surface area contributed by atoms with Crippen molar-refractivity contribution in [3.8, 4) is 5.75 Å². The lowest BCUT2D eigenvalue weighted by molar-refractivity contribution is -0.384. The molecule has 0 aromatic heterocycles. The number of carbonyl (C=O) groups excluding carboxylic acids is 1. The van der Waals surface area contributed by atoms with Crippen LogP contribution < -0.4 is 4.52 Å². The number of carbonyl (C=O) groups is 1. The Hall–Kier alpha value is -2.86. The van der Waals surface area contributed by atoms with Crippen LogP contribution in [0.25, 0.3) is 12.2 Å². The number of benzene rings is 2. The first-order valence-corrected chi connectivity index (χ1v) is 8.21. The van der Waals surface area contributed by atoms with Crippen molar-refractivity contribution in [2.24, 2.45) is 0 Å². The molecule has 2 aromatic rings. The summed E-state index contributed by atoms with van der Waals surface area (Å²) in [6.07, 6.45) is 5.91. The minimum Gasteiger partial charge on any atom is -0.427 e. The normalized spacial score (nSPS) is 11.3. The topological polar surface area (TPSA) is 110 Å². The van der Waals surface area contributed by atoms with E-state index >= 15 is 0 Å². The Morgan fingerprint density at radius 2 is 1.44 bits per heavy atom. The zero-order valence-electron chi connectivity index (χ0n) is 12.9. The summed E-state index contributed by atoms with van der Waals surface area (Å²) in [5.41, 5.74) is 1.41. The molecule has 0 aliphatic heterocycles. The number of rotatable bonds is 7. The lowest BCUT2D eigenvalue weighted by atomic mass is 10.1. The minimum atomic E-state index is -2.46. The van der Waals surface area contributed by atoms with Gasteiger partial charge in [0.2, 0.25) is 0 Å². The van der Waals surface area contributed by atoms with Crippen molar-refractivity contribution in [3.63, 3.8) is 0 Å². The second-order valence-corrected chi connectivity index (χ2v) is 5.52. The fraction of sp³-hybridized carbons (Fsp3) is 0. The van der Waals surface area contributed by atoms with E-state index in [-0.39, 0.29) is 11.5 Å². The van der Waals surface area contributed by atoms with Gasteiger partial charge in [0, 0.05) is 12.1 Å². The van der Waals surface area contributed by atoms with Gasteiger partial charge < -0.3 is 14.3 Å². The first kappa shape index (κ1) is 18.5. The van der Waals surface area contributed by atoms with Crippen LogP contribution in [-0.4, -0.2) is 20.5 Å². The van der Waals surface area contributed by atoms with Crippen molar-refractivity contribution in [2.75, 3.05) is 0 Å². The van der Waals surface area contributed by atoms with Gasteiger partial charge in [0.15, 0.2) is 5.78 Å². The van der Waals surface area contributed by atoms with E-state index in [9.17, 15) is 14.9 Å². The van der Waals surface area contributed by atoms with Crippen LogP contribution in [-0.2, 0) is 4.79 Å². The van der Waals surface area contributed by atoms with Crippen molar-refractivity contribution >= 4 is 32.2 Å². The molecule has 0 unspecified atom stereocenters. The van der Waals surface area contributed by atoms with Gasteiger partial charge in [0.25, 0.3) is 5.69 Å². The van der Waals surface area contributed by atoms with E-state index in [2.05, 4.69) is 0 Å². The van der Waals surface area contributed by atoms with Gasteiger partial charge in [0.1, 0.15) is 5.75 Å². The number of nitro benzene ring substituents is 1. The molecule has 0 atom stereocenters. The molecule has 7 nitrogen and oxygen atoms in total. The zero-order valence-corrected chi connectivity index (χ0v) is 13.7. The maximum atomic E-state index is 11.8. The summed E-state index contributed by atoms with van der Waals surface area (Å²) in [7, 11) is -2.46. The number of non-ortho nitro benzene ring substituents is 1. The fourth-order valence-electron chi connectivity index (χ4n) is 1.85. The SMILES string of the molecule is O=C(/C=C/c1ccc(OP(O)O)cc1)/C=C/c1ccc([N+](=O)[O-])cc1. The van der Waals surface area contributed by atoms with E-state index in [1.807, 2.05) is 0 Å². The van der Waals surface area contributed by atoms with Crippen LogP contribution in [0, 0.1) is 10.1 Å². The highest BCUT2D eigenvalue weighted by Gasteiger charge is 2.03. The predicted octanol–water partition coefficient (Wildman–Crippen LogP) is 3.48. The minimum absolute atomic E-state index is 0.00856.